The van der Waals surface area contributed by atoms with Crippen molar-refractivity contribution < 1.29 is 8.78 Å². The molecule has 1 aromatic carbocycles. The Bertz CT molecular complexity index is 778. The normalized spacial score (nSPS) is 13.2. The molecule has 2 aromatic heterocycles. The van der Waals surface area contributed by atoms with Crippen LogP contribution in [0.5, 0.6) is 0 Å². The van der Waals surface area contributed by atoms with E-state index in [1.165, 1.54) is 6.07 Å². The van der Waals surface area contributed by atoms with Gasteiger partial charge in [-0.3, -0.25) is 0 Å². The van der Waals surface area contributed by atoms with Gasteiger partial charge in [0.2, 0.25) is 5.95 Å². The number of nitrogens with zero attached hydrogens (tertiary/aromatic N) is 2. The molecule has 0 amide bonds. The van der Waals surface area contributed by atoms with Crippen LogP contribution in [0.4, 0.5) is 14.7 Å². The summed E-state index contributed by atoms with van der Waals surface area (Å²) in [5.74, 6) is -0.921. The van der Waals surface area contributed by atoms with Gasteiger partial charge in [0, 0.05) is 17.0 Å². The van der Waals surface area contributed by atoms with Crippen LogP contribution in [0.15, 0.2) is 29.6 Å². The summed E-state index contributed by atoms with van der Waals surface area (Å²) in [6, 6.07) is 5.96. The Balaban J connectivity index is 2.30. The predicted molar refractivity (Wildman–Crippen MR) is 81.4 cm³/mol. The standard InChI is InChI=1S/C15H15F2N3S/c1-8(2)14(12-4-3-5-21-12)20-11-7-9(16)6-10(17)13(11)19-15(20)18/h3-8,14H,1-2H3,(H2,18,19). The zero-order chi connectivity index (χ0) is 15.1. The number of halogens is 2. The van der Waals surface area contributed by atoms with Crippen molar-refractivity contribution in [3.05, 3.63) is 46.2 Å². The van der Waals surface area contributed by atoms with Crippen molar-refractivity contribution >= 4 is 28.3 Å². The van der Waals surface area contributed by atoms with E-state index >= 15 is 0 Å². The summed E-state index contributed by atoms with van der Waals surface area (Å²) in [6.07, 6.45) is 0. The Labute approximate surface area is 125 Å². The summed E-state index contributed by atoms with van der Waals surface area (Å²) in [5, 5.41) is 1.97. The maximum atomic E-state index is 13.9. The van der Waals surface area contributed by atoms with Crippen LogP contribution in [0, 0.1) is 17.6 Å². The second-order valence-corrected chi connectivity index (χ2v) is 6.28. The van der Waals surface area contributed by atoms with Crippen molar-refractivity contribution in [2.45, 2.75) is 19.9 Å². The molecule has 0 spiro atoms. The van der Waals surface area contributed by atoms with Gasteiger partial charge in [0.25, 0.3) is 0 Å². The molecule has 110 valence electrons. The molecule has 0 saturated heterocycles. The van der Waals surface area contributed by atoms with Crippen molar-refractivity contribution in [1.82, 2.24) is 9.55 Å². The number of benzene rings is 1. The van der Waals surface area contributed by atoms with E-state index in [4.69, 9.17) is 5.73 Å². The molecule has 1 atom stereocenters. The lowest BCUT2D eigenvalue weighted by Gasteiger charge is -2.23. The van der Waals surface area contributed by atoms with E-state index < -0.39 is 11.6 Å². The topological polar surface area (TPSA) is 43.8 Å². The van der Waals surface area contributed by atoms with Crippen LogP contribution in [0.2, 0.25) is 0 Å². The third-order valence-electron chi connectivity index (χ3n) is 3.49. The van der Waals surface area contributed by atoms with Crippen LogP contribution < -0.4 is 5.73 Å². The first kappa shape index (κ1) is 14.0. The van der Waals surface area contributed by atoms with Gasteiger partial charge in [-0.25, -0.2) is 13.8 Å². The molecular formula is C15H15F2N3S. The minimum absolute atomic E-state index is 0.101. The largest absolute Gasteiger partial charge is 0.369 e. The number of nitrogens with two attached hydrogens (primary N) is 1. The number of fused-ring (bicyclic) bond motifs is 1. The quantitative estimate of drug-likeness (QED) is 0.788. The third kappa shape index (κ3) is 2.29. The number of thiophene rings is 1. The van der Waals surface area contributed by atoms with E-state index in [1.54, 1.807) is 15.9 Å². The van der Waals surface area contributed by atoms with Crippen LogP contribution in [0.1, 0.15) is 24.8 Å². The van der Waals surface area contributed by atoms with Gasteiger partial charge >= 0.3 is 0 Å². The molecule has 3 aromatic rings. The molecule has 3 rings (SSSR count). The smallest absolute Gasteiger partial charge is 0.201 e. The lowest BCUT2D eigenvalue weighted by atomic mass is 10.0. The Hall–Kier alpha value is -1.95. The number of hydrogen-bond acceptors (Lipinski definition) is 3. The van der Waals surface area contributed by atoms with Crippen LogP contribution in [-0.2, 0) is 0 Å². The summed E-state index contributed by atoms with van der Waals surface area (Å²) in [6.45, 7) is 4.09. The van der Waals surface area contributed by atoms with Crippen molar-refractivity contribution in [1.29, 1.82) is 0 Å². The number of hydrogen-bond donors (Lipinski definition) is 1. The maximum absolute atomic E-state index is 13.9. The van der Waals surface area contributed by atoms with Gasteiger partial charge in [0.05, 0.1) is 11.6 Å². The molecule has 3 nitrogen and oxygen atoms in total. The van der Waals surface area contributed by atoms with E-state index in [-0.39, 0.29) is 23.4 Å². The fourth-order valence-electron chi connectivity index (χ4n) is 2.64. The zero-order valence-corrected chi connectivity index (χ0v) is 12.5. The Morgan fingerprint density at radius 1 is 1.29 bits per heavy atom. The van der Waals surface area contributed by atoms with Crippen molar-refractivity contribution in [2.24, 2.45) is 5.92 Å². The van der Waals surface area contributed by atoms with Gasteiger partial charge in [0.1, 0.15) is 11.3 Å². The van der Waals surface area contributed by atoms with Crippen molar-refractivity contribution in [3.8, 4) is 0 Å². The molecule has 21 heavy (non-hydrogen) atoms. The Morgan fingerprint density at radius 3 is 2.67 bits per heavy atom. The average molecular weight is 307 g/mol. The molecular weight excluding hydrogens is 292 g/mol. The van der Waals surface area contributed by atoms with Crippen LogP contribution in [0.25, 0.3) is 11.0 Å². The van der Waals surface area contributed by atoms with E-state index in [0.29, 0.717) is 5.52 Å². The molecule has 6 heteroatoms. The van der Waals surface area contributed by atoms with Crippen LogP contribution in [-0.4, -0.2) is 9.55 Å². The molecule has 0 aliphatic heterocycles. The number of imidazole rings is 1. The maximum Gasteiger partial charge on any atom is 0.201 e. The SMILES string of the molecule is CC(C)C(c1cccs1)n1c(N)nc2c(F)cc(F)cc21. The van der Waals surface area contributed by atoms with E-state index in [0.717, 1.165) is 10.9 Å². The lowest BCUT2D eigenvalue weighted by Crippen LogP contribution is -2.17. The summed E-state index contributed by atoms with van der Waals surface area (Å²) < 4.78 is 29.2. The lowest BCUT2D eigenvalue weighted by molar-refractivity contribution is 0.456. The highest BCUT2D eigenvalue weighted by Gasteiger charge is 2.25. The molecule has 2 N–H and O–H groups in total. The molecule has 0 saturated carbocycles. The van der Waals surface area contributed by atoms with Crippen LogP contribution in [0.3, 0.4) is 0 Å². The summed E-state index contributed by atoms with van der Waals surface area (Å²) in [5.41, 5.74) is 6.48. The third-order valence-corrected chi connectivity index (χ3v) is 4.43. The minimum Gasteiger partial charge on any atom is -0.369 e. The average Bonchev–Trinajstić information content (AvgIpc) is 3.00. The Kier molecular flexibility index (Phi) is 3.41. The Morgan fingerprint density at radius 2 is 2.05 bits per heavy atom. The second kappa shape index (κ2) is 5.11. The fourth-order valence-corrected chi connectivity index (χ4v) is 3.63. The van der Waals surface area contributed by atoms with E-state index in [1.807, 2.05) is 31.4 Å². The summed E-state index contributed by atoms with van der Waals surface area (Å²) in [4.78, 5) is 5.15. The van der Waals surface area contributed by atoms with Gasteiger partial charge < -0.3 is 10.3 Å². The highest BCUT2D eigenvalue weighted by Crippen LogP contribution is 2.35. The van der Waals surface area contributed by atoms with E-state index in [2.05, 4.69) is 4.98 Å². The highest BCUT2D eigenvalue weighted by molar-refractivity contribution is 7.10. The first-order chi connectivity index (χ1) is 9.99. The number of nitrogen functional groups attached to an aromatic ring is 1. The summed E-state index contributed by atoms with van der Waals surface area (Å²) >= 11 is 1.59. The van der Waals surface area contributed by atoms with Gasteiger partial charge in [0.15, 0.2) is 5.82 Å². The number of anilines is 1. The van der Waals surface area contributed by atoms with Gasteiger partial charge in [-0.2, -0.15) is 0 Å². The van der Waals surface area contributed by atoms with Crippen molar-refractivity contribution in [2.75, 3.05) is 5.73 Å². The molecule has 0 bridgehead atoms. The van der Waals surface area contributed by atoms with E-state index in [9.17, 15) is 8.78 Å². The number of aromatic nitrogens is 2. The summed E-state index contributed by atoms with van der Waals surface area (Å²) in [7, 11) is 0. The van der Waals surface area contributed by atoms with Gasteiger partial charge in [-0.05, 0) is 17.4 Å². The zero-order valence-electron chi connectivity index (χ0n) is 11.7. The minimum atomic E-state index is -0.691. The highest BCUT2D eigenvalue weighted by atomic mass is 32.1. The molecule has 0 fully saturated rings. The predicted octanol–water partition coefficient (Wildman–Crippen LogP) is 4.20. The second-order valence-electron chi connectivity index (χ2n) is 5.30. The molecule has 0 aliphatic rings. The van der Waals surface area contributed by atoms with Crippen LogP contribution >= 0.6 is 11.3 Å². The molecule has 0 aliphatic carbocycles. The van der Waals surface area contributed by atoms with Gasteiger partial charge in [-0.1, -0.05) is 19.9 Å². The molecule has 1 unspecified atom stereocenters. The monoisotopic (exact) mass is 307 g/mol. The van der Waals surface area contributed by atoms with Gasteiger partial charge in [-0.15, -0.1) is 11.3 Å². The fraction of sp³-hybridized carbons (Fsp3) is 0.267. The first-order valence-corrected chi connectivity index (χ1v) is 7.53. The molecule has 2 heterocycles. The van der Waals surface area contributed by atoms with Crippen molar-refractivity contribution in [3.63, 3.8) is 0 Å². The molecule has 0 radical (unpaired) electrons. The first-order valence-electron chi connectivity index (χ1n) is 6.65. The number of rotatable bonds is 3.